The van der Waals surface area contributed by atoms with Crippen LogP contribution in [0, 0.1) is 13.8 Å². The molecule has 122 valence electrons. The van der Waals surface area contributed by atoms with E-state index < -0.39 is 0 Å². The van der Waals surface area contributed by atoms with Crippen molar-refractivity contribution < 1.29 is 18.7 Å². The van der Waals surface area contributed by atoms with Gasteiger partial charge in [-0.25, -0.2) is 4.98 Å². The Morgan fingerprint density at radius 2 is 2.04 bits per heavy atom. The number of benzene rings is 1. The maximum atomic E-state index is 12.3. The highest BCUT2D eigenvalue weighted by atomic mass is 32.1. The molecule has 0 saturated heterocycles. The molecule has 1 aromatic carbocycles. The second-order valence-electron chi connectivity index (χ2n) is 5.39. The number of hydrogen-bond donors (Lipinski definition) is 1. The fourth-order valence-electron chi connectivity index (χ4n) is 2.54. The lowest BCUT2D eigenvalue weighted by molar-refractivity contribution is 0.102. The van der Waals surface area contributed by atoms with Gasteiger partial charge in [-0.1, -0.05) is 0 Å². The van der Waals surface area contributed by atoms with E-state index in [9.17, 15) is 4.79 Å². The summed E-state index contributed by atoms with van der Waals surface area (Å²) in [7, 11) is 0. The van der Waals surface area contributed by atoms with Crippen LogP contribution in [0.5, 0.6) is 11.5 Å². The number of furan rings is 1. The number of hydrogen-bond acceptors (Lipinski definition) is 6. The van der Waals surface area contributed by atoms with Gasteiger partial charge in [0.05, 0.1) is 11.3 Å². The van der Waals surface area contributed by atoms with E-state index in [0.29, 0.717) is 28.0 Å². The molecule has 1 N–H and O–H groups in total. The molecule has 3 heterocycles. The highest BCUT2D eigenvalue weighted by molar-refractivity contribution is 7.14. The average molecular weight is 342 g/mol. The van der Waals surface area contributed by atoms with E-state index in [1.165, 1.54) is 11.3 Å². The lowest BCUT2D eigenvalue weighted by atomic mass is 10.1. The van der Waals surface area contributed by atoms with Crippen LogP contribution < -0.4 is 14.8 Å². The second-order valence-corrected chi connectivity index (χ2v) is 6.25. The summed E-state index contributed by atoms with van der Waals surface area (Å²) < 4.78 is 16.1. The Kier molecular flexibility index (Phi) is 3.50. The number of rotatable bonds is 3. The standard InChI is InChI=1S/C17H14N2O4S/c1-9-5-12(10(2)23-9)16(20)19-17-18-13(7-24-17)11-3-4-14-15(6-11)22-8-21-14/h3-7H,8H2,1-2H3,(H,18,19,20). The number of nitrogens with zero attached hydrogens (tertiary/aromatic N) is 1. The summed E-state index contributed by atoms with van der Waals surface area (Å²) in [5.41, 5.74) is 2.20. The molecular weight excluding hydrogens is 328 g/mol. The zero-order chi connectivity index (χ0) is 16.7. The van der Waals surface area contributed by atoms with E-state index in [4.69, 9.17) is 13.9 Å². The fraction of sp³-hybridized carbons (Fsp3) is 0.176. The Morgan fingerprint density at radius 1 is 1.21 bits per heavy atom. The summed E-state index contributed by atoms with van der Waals surface area (Å²) in [5, 5.41) is 5.23. The van der Waals surface area contributed by atoms with E-state index in [1.54, 1.807) is 13.0 Å². The van der Waals surface area contributed by atoms with Crippen LogP contribution >= 0.6 is 11.3 Å². The van der Waals surface area contributed by atoms with Gasteiger partial charge in [0.25, 0.3) is 5.91 Å². The van der Waals surface area contributed by atoms with Crippen LogP contribution in [0.15, 0.2) is 34.1 Å². The monoisotopic (exact) mass is 342 g/mol. The second kappa shape index (κ2) is 5.68. The van der Waals surface area contributed by atoms with Crippen molar-refractivity contribution in [3.8, 4) is 22.8 Å². The number of anilines is 1. The minimum atomic E-state index is -0.226. The number of ether oxygens (including phenoxy) is 2. The fourth-order valence-corrected chi connectivity index (χ4v) is 3.26. The number of nitrogens with one attached hydrogen (secondary N) is 1. The molecule has 0 saturated carbocycles. The molecule has 0 atom stereocenters. The van der Waals surface area contributed by atoms with Gasteiger partial charge < -0.3 is 13.9 Å². The Hall–Kier alpha value is -2.80. The van der Waals surface area contributed by atoms with Crippen molar-refractivity contribution in [2.24, 2.45) is 0 Å². The number of carbonyl (C=O) groups is 1. The van der Waals surface area contributed by atoms with Gasteiger partial charge in [-0.3, -0.25) is 10.1 Å². The first-order chi connectivity index (χ1) is 11.6. The van der Waals surface area contributed by atoms with Crippen LogP contribution in [0.1, 0.15) is 21.9 Å². The summed E-state index contributed by atoms with van der Waals surface area (Å²) in [6.45, 7) is 3.81. The average Bonchev–Trinajstić information content (AvgIpc) is 3.26. The summed E-state index contributed by atoms with van der Waals surface area (Å²) in [6.07, 6.45) is 0. The first-order valence-electron chi connectivity index (χ1n) is 7.34. The summed E-state index contributed by atoms with van der Waals surface area (Å²) >= 11 is 1.37. The molecule has 3 aromatic rings. The van der Waals surface area contributed by atoms with Crippen LogP contribution in [0.3, 0.4) is 0 Å². The number of fused-ring (bicyclic) bond motifs is 1. The smallest absolute Gasteiger partial charge is 0.260 e. The van der Waals surface area contributed by atoms with Gasteiger partial charge in [0.1, 0.15) is 11.5 Å². The Balaban J connectivity index is 1.55. The first kappa shape index (κ1) is 14.8. The molecule has 0 spiro atoms. The van der Waals surface area contributed by atoms with Gasteiger partial charge in [-0.15, -0.1) is 11.3 Å². The Morgan fingerprint density at radius 3 is 2.83 bits per heavy atom. The maximum absolute atomic E-state index is 12.3. The SMILES string of the molecule is Cc1cc(C(=O)Nc2nc(-c3ccc4c(c3)OCO4)cs2)c(C)o1. The minimum Gasteiger partial charge on any atom is -0.466 e. The van der Waals surface area contributed by atoms with Gasteiger partial charge in [-0.05, 0) is 38.1 Å². The molecule has 0 aliphatic carbocycles. The van der Waals surface area contributed by atoms with E-state index in [2.05, 4.69) is 10.3 Å². The van der Waals surface area contributed by atoms with E-state index >= 15 is 0 Å². The molecule has 1 aliphatic rings. The van der Waals surface area contributed by atoms with Crippen molar-refractivity contribution in [1.29, 1.82) is 0 Å². The number of aryl methyl sites for hydroxylation is 2. The van der Waals surface area contributed by atoms with E-state index in [0.717, 1.165) is 17.0 Å². The van der Waals surface area contributed by atoms with Crippen molar-refractivity contribution in [2.45, 2.75) is 13.8 Å². The quantitative estimate of drug-likeness (QED) is 0.779. The molecule has 0 bridgehead atoms. The van der Waals surface area contributed by atoms with Gasteiger partial charge in [0.2, 0.25) is 6.79 Å². The molecular formula is C17H14N2O4S. The molecule has 7 heteroatoms. The summed E-state index contributed by atoms with van der Waals surface area (Å²) in [5.74, 6) is 2.51. The highest BCUT2D eigenvalue weighted by Crippen LogP contribution is 2.36. The van der Waals surface area contributed by atoms with Crippen molar-refractivity contribution in [1.82, 2.24) is 4.98 Å². The third kappa shape index (κ3) is 2.63. The van der Waals surface area contributed by atoms with E-state index in [-0.39, 0.29) is 12.7 Å². The molecule has 0 unspecified atom stereocenters. The first-order valence-corrected chi connectivity index (χ1v) is 8.22. The molecule has 1 amide bonds. The zero-order valence-electron chi connectivity index (χ0n) is 13.1. The molecule has 0 radical (unpaired) electrons. The van der Waals surface area contributed by atoms with Crippen molar-refractivity contribution >= 4 is 22.4 Å². The van der Waals surface area contributed by atoms with Crippen LogP contribution in [0.2, 0.25) is 0 Å². The lowest BCUT2D eigenvalue weighted by Crippen LogP contribution is -2.11. The van der Waals surface area contributed by atoms with E-state index in [1.807, 2.05) is 30.5 Å². The molecule has 6 nitrogen and oxygen atoms in total. The third-order valence-corrected chi connectivity index (χ3v) is 4.44. The van der Waals surface area contributed by atoms with Crippen molar-refractivity contribution in [3.63, 3.8) is 0 Å². The largest absolute Gasteiger partial charge is 0.466 e. The Labute approximate surface area is 142 Å². The lowest BCUT2D eigenvalue weighted by Gasteiger charge is -2.01. The molecule has 24 heavy (non-hydrogen) atoms. The summed E-state index contributed by atoms with van der Waals surface area (Å²) in [6, 6.07) is 7.37. The van der Waals surface area contributed by atoms with Crippen LogP contribution in [0.25, 0.3) is 11.3 Å². The van der Waals surface area contributed by atoms with Gasteiger partial charge in [0, 0.05) is 10.9 Å². The maximum Gasteiger partial charge on any atom is 0.260 e. The molecule has 2 aromatic heterocycles. The Bertz CT molecular complexity index is 929. The summed E-state index contributed by atoms with van der Waals surface area (Å²) in [4.78, 5) is 16.8. The minimum absolute atomic E-state index is 0.226. The van der Waals surface area contributed by atoms with Gasteiger partial charge >= 0.3 is 0 Å². The van der Waals surface area contributed by atoms with Crippen molar-refractivity contribution in [3.05, 3.63) is 46.7 Å². The number of thiazole rings is 1. The van der Waals surface area contributed by atoms with Gasteiger partial charge in [-0.2, -0.15) is 0 Å². The van der Waals surface area contributed by atoms with Crippen molar-refractivity contribution in [2.75, 3.05) is 12.1 Å². The number of carbonyl (C=O) groups excluding carboxylic acids is 1. The predicted octanol–water partition coefficient (Wildman–Crippen LogP) is 4.00. The normalized spacial score (nSPS) is 12.4. The van der Waals surface area contributed by atoms with Gasteiger partial charge in [0.15, 0.2) is 16.6 Å². The third-order valence-electron chi connectivity index (χ3n) is 3.68. The number of aromatic nitrogens is 1. The highest BCUT2D eigenvalue weighted by Gasteiger charge is 2.17. The molecule has 0 fully saturated rings. The molecule has 4 rings (SSSR count). The van der Waals surface area contributed by atoms with Crippen LogP contribution in [-0.4, -0.2) is 17.7 Å². The zero-order valence-corrected chi connectivity index (χ0v) is 13.9. The van der Waals surface area contributed by atoms with Crippen LogP contribution in [0.4, 0.5) is 5.13 Å². The number of amides is 1. The topological polar surface area (TPSA) is 73.6 Å². The predicted molar refractivity (Wildman–Crippen MR) is 89.8 cm³/mol. The van der Waals surface area contributed by atoms with Crippen LogP contribution in [-0.2, 0) is 0 Å². The molecule has 1 aliphatic heterocycles.